The van der Waals surface area contributed by atoms with E-state index in [-0.39, 0.29) is 0 Å². The predicted molar refractivity (Wildman–Crippen MR) is 119 cm³/mol. The molecule has 2 unspecified atom stereocenters. The largest absolute Gasteiger partial charge is 0.367 e. The van der Waals surface area contributed by atoms with Crippen molar-refractivity contribution in [1.29, 1.82) is 0 Å². The summed E-state index contributed by atoms with van der Waals surface area (Å²) in [6.45, 7) is 4.85. The van der Waals surface area contributed by atoms with Gasteiger partial charge >= 0.3 is 0 Å². The molecular formula is C24H27N3S. The molecule has 0 aliphatic carbocycles. The predicted octanol–water partition coefficient (Wildman–Crippen LogP) is 4.88. The van der Waals surface area contributed by atoms with E-state index in [4.69, 9.17) is 0 Å². The first kappa shape index (κ1) is 17.0. The second-order valence-corrected chi connectivity index (χ2v) is 9.60. The van der Waals surface area contributed by atoms with Crippen LogP contribution in [0.25, 0.3) is 10.9 Å². The van der Waals surface area contributed by atoms with Crippen LogP contribution >= 0.6 is 11.8 Å². The van der Waals surface area contributed by atoms with Gasteiger partial charge in [0, 0.05) is 60.1 Å². The lowest BCUT2D eigenvalue weighted by molar-refractivity contribution is 0.195. The minimum atomic E-state index is 0.686. The number of H-pyrrole nitrogens is 1. The molecule has 3 aliphatic rings. The van der Waals surface area contributed by atoms with Gasteiger partial charge in [-0.2, -0.15) is 0 Å². The third kappa shape index (κ3) is 2.69. The third-order valence-electron chi connectivity index (χ3n) is 6.95. The second kappa shape index (κ2) is 6.85. The lowest BCUT2D eigenvalue weighted by Gasteiger charge is -2.39. The van der Waals surface area contributed by atoms with Crippen molar-refractivity contribution < 1.29 is 0 Å². The van der Waals surface area contributed by atoms with Gasteiger partial charge < -0.3 is 14.8 Å². The van der Waals surface area contributed by atoms with Crippen molar-refractivity contribution in [2.45, 2.75) is 36.1 Å². The maximum atomic E-state index is 3.43. The van der Waals surface area contributed by atoms with Gasteiger partial charge in [-0.15, -0.1) is 11.8 Å². The third-order valence-corrected chi connectivity index (χ3v) is 8.08. The van der Waals surface area contributed by atoms with Crippen LogP contribution in [-0.4, -0.2) is 47.9 Å². The van der Waals surface area contributed by atoms with E-state index in [2.05, 4.69) is 75.2 Å². The highest BCUT2D eigenvalue weighted by molar-refractivity contribution is 7.99. The Balaban J connectivity index is 1.22. The number of likely N-dealkylation sites (tertiary alicyclic amines) is 1. The van der Waals surface area contributed by atoms with Gasteiger partial charge in [-0.3, -0.25) is 0 Å². The Morgan fingerprint density at radius 2 is 2.04 bits per heavy atom. The minimum absolute atomic E-state index is 0.686. The number of aromatic amines is 1. The summed E-state index contributed by atoms with van der Waals surface area (Å²) in [4.78, 5) is 10.4. The van der Waals surface area contributed by atoms with Gasteiger partial charge in [0.2, 0.25) is 0 Å². The van der Waals surface area contributed by atoms with Crippen molar-refractivity contribution in [2.75, 3.05) is 36.8 Å². The van der Waals surface area contributed by atoms with E-state index < -0.39 is 0 Å². The van der Waals surface area contributed by atoms with E-state index in [1.54, 1.807) is 11.3 Å². The lowest BCUT2D eigenvalue weighted by atomic mass is 9.89. The van der Waals surface area contributed by atoms with Crippen LogP contribution < -0.4 is 4.90 Å². The van der Waals surface area contributed by atoms with Crippen molar-refractivity contribution in [2.24, 2.45) is 0 Å². The number of hydrogen-bond donors (Lipinski definition) is 1. The summed E-state index contributed by atoms with van der Waals surface area (Å²) in [6.07, 6.45) is 5.96. The molecule has 1 N–H and O–H groups in total. The number of nitrogens with one attached hydrogen (secondary N) is 1. The quantitative estimate of drug-likeness (QED) is 0.690. The van der Waals surface area contributed by atoms with Crippen LogP contribution in [-0.2, 0) is 6.42 Å². The number of anilines is 1. The fourth-order valence-corrected chi connectivity index (χ4v) is 6.67. The molecule has 1 aromatic heterocycles. The zero-order valence-electron chi connectivity index (χ0n) is 16.2. The molecule has 6 rings (SSSR count). The van der Waals surface area contributed by atoms with Gasteiger partial charge in [0.05, 0.1) is 5.69 Å². The molecule has 3 nitrogen and oxygen atoms in total. The molecule has 2 aromatic carbocycles. The summed E-state index contributed by atoms with van der Waals surface area (Å²) in [7, 11) is 0. The molecule has 1 fully saturated rings. The van der Waals surface area contributed by atoms with E-state index in [0.717, 1.165) is 19.0 Å². The van der Waals surface area contributed by atoms with Crippen LogP contribution in [0.5, 0.6) is 0 Å². The van der Waals surface area contributed by atoms with E-state index in [1.165, 1.54) is 59.6 Å². The first-order chi connectivity index (χ1) is 13.9. The fraction of sp³-hybridized carbons (Fsp3) is 0.417. The first-order valence-corrected chi connectivity index (χ1v) is 11.7. The molecule has 0 amide bonds. The number of rotatable bonds is 3. The van der Waals surface area contributed by atoms with E-state index >= 15 is 0 Å². The molecule has 3 aromatic rings. The molecule has 0 bridgehead atoms. The molecule has 0 radical (unpaired) electrons. The molecule has 4 heteroatoms. The zero-order valence-corrected chi connectivity index (χ0v) is 17.0. The minimum Gasteiger partial charge on any atom is -0.367 e. The number of aromatic nitrogens is 1. The molecule has 4 heterocycles. The van der Waals surface area contributed by atoms with E-state index in [1.807, 2.05) is 0 Å². The molecule has 2 atom stereocenters. The summed E-state index contributed by atoms with van der Waals surface area (Å²) in [5.74, 6) is 1.95. The Bertz CT molecular complexity index is 1010. The summed E-state index contributed by atoms with van der Waals surface area (Å²) >= 11 is 2.06. The van der Waals surface area contributed by atoms with Crippen LogP contribution in [0.15, 0.2) is 53.6 Å². The Kier molecular flexibility index (Phi) is 4.16. The standard InChI is InChI=1S/C24H27N3S/c1-2-7-21-18(5-1)17(15-25-21)9-12-26-13-10-22-20(16-26)19-6-3-8-23-24(19)27(22)11-4-14-28-23/h1-3,5-8,15,20,22,25H,4,9-14,16H2. The average Bonchev–Trinajstić information content (AvgIpc) is 3.20. The SMILES string of the molecule is c1cc2c3c(c1)C1CN(CCc4c[nH]c5ccccc45)CCC1N3CCCS2. The van der Waals surface area contributed by atoms with Crippen molar-refractivity contribution in [3.63, 3.8) is 0 Å². The number of fused-ring (bicyclic) bond motifs is 4. The Hall–Kier alpha value is -1.91. The van der Waals surface area contributed by atoms with Crippen LogP contribution in [0, 0.1) is 0 Å². The lowest BCUT2D eigenvalue weighted by Crippen LogP contribution is -2.47. The van der Waals surface area contributed by atoms with Crippen molar-refractivity contribution in [3.05, 3.63) is 59.8 Å². The highest BCUT2D eigenvalue weighted by Gasteiger charge is 2.43. The molecule has 0 spiro atoms. The van der Waals surface area contributed by atoms with Gasteiger partial charge in [0.1, 0.15) is 0 Å². The highest BCUT2D eigenvalue weighted by atomic mass is 32.2. The fourth-order valence-electron chi connectivity index (χ4n) is 5.63. The van der Waals surface area contributed by atoms with Gasteiger partial charge in [0.25, 0.3) is 0 Å². The van der Waals surface area contributed by atoms with Crippen molar-refractivity contribution in [1.82, 2.24) is 9.88 Å². The zero-order chi connectivity index (χ0) is 18.5. The maximum Gasteiger partial charge on any atom is 0.0543 e. The number of thioether (sulfide) groups is 1. The summed E-state index contributed by atoms with van der Waals surface area (Å²) in [5, 5.41) is 1.39. The van der Waals surface area contributed by atoms with E-state index in [9.17, 15) is 0 Å². The van der Waals surface area contributed by atoms with Gasteiger partial charge in [-0.05, 0) is 48.3 Å². The number of para-hydroxylation sites is 2. The second-order valence-electron chi connectivity index (χ2n) is 8.46. The Morgan fingerprint density at radius 3 is 3.04 bits per heavy atom. The summed E-state index contributed by atoms with van der Waals surface area (Å²) < 4.78 is 0. The number of piperidine rings is 1. The molecule has 28 heavy (non-hydrogen) atoms. The molecule has 0 saturated carbocycles. The van der Waals surface area contributed by atoms with Gasteiger partial charge in [-0.1, -0.05) is 30.3 Å². The van der Waals surface area contributed by atoms with Crippen molar-refractivity contribution in [3.8, 4) is 0 Å². The molecule has 3 aliphatic heterocycles. The smallest absolute Gasteiger partial charge is 0.0543 e. The van der Waals surface area contributed by atoms with Crippen LogP contribution in [0.3, 0.4) is 0 Å². The topological polar surface area (TPSA) is 22.3 Å². The molecule has 144 valence electrons. The monoisotopic (exact) mass is 389 g/mol. The van der Waals surface area contributed by atoms with Crippen LogP contribution in [0.4, 0.5) is 5.69 Å². The van der Waals surface area contributed by atoms with Gasteiger partial charge in [-0.25, -0.2) is 0 Å². The first-order valence-electron chi connectivity index (χ1n) is 10.7. The average molecular weight is 390 g/mol. The number of hydrogen-bond acceptors (Lipinski definition) is 3. The van der Waals surface area contributed by atoms with E-state index in [0.29, 0.717) is 5.92 Å². The Labute approximate surface area is 171 Å². The van der Waals surface area contributed by atoms with Crippen LogP contribution in [0.1, 0.15) is 29.9 Å². The van der Waals surface area contributed by atoms with Gasteiger partial charge in [0.15, 0.2) is 0 Å². The Morgan fingerprint density at radius 1 is 1.07 bits per heavy atom. The summed E-state index contributed by atoms with van der Waals surface area (Å²) in [5.41, 5.74) is 5.92. The van der Waals surface area contributed by atoms with Crippen LogP contribution in [0.2, 0.25) is 0 Å². The summed E-state index contributed by atoms with van der Waals surface area (Å²) in [6, 6.07) is 16.4. The molecule has 1 saturated heterocycles. The number of benzene rings is 2. The highest BCUT2D eigenvalue weighted by Crippen LogP contribution is 2.50. The normalized spacial score (nSPS) is 24.2. The molecular weight excluding hydrogens is 362 g/mol. The number of nitrogens with zero attached hydrogens (tertiary/aromatic N) is 2. The maximum absolute atomic E-state index is 3.43. The van der Waals surface area contributed by atoms with Crippen molar-refractivity contribution >= 4 is 28.4 Å².